The molecule has 0 radical (unpaired) electrons. The van der Waals surface area contributed by atoms with E-state index in [1.165, 1.54) is 6.07 Å². The van der Waals surface area contributed by atoms with Crippen LogP contribution in [0.4, 0.5) is 4.39 Å². The molecule has 0 amide bonds. The summed E-state index contributed by atoms with van der Waals surface area (Å²) in [6, 6.07) is 6.94. The normalized spacial score (nSPS) is 15.3. The topological polar surface area (TPSA) is 3.24 Å². The molecule has 1 aromatic carbocycles. The van der Waals surface area contributed by atoms with Crippen molar-refractivity contribution in [2.24, 2.45) is 0 Å². The van der Waals surface area contributed by atoms with Gasteiger partial charge in [0.15, 0.2) is 0 Å². The maximum absolute atomic E-state index is 13.4. The van der Waals surface area contributed by atoms with Gasteiger partial charge in [0.25, 0.3) is 0 Å². The van der Waals surface area contributed by atoms with Crippen molar-refractivity contribution in [3.05, 3.63) is 59.6 Å². The van der Waals surface area contributed by atoms with E-state index in [1.54, 1.807) is 6.07 Å². The molecule has 0 spiro atoms. The van der Waals surface area contributed by atoms with Gasteiger partial charge in [-0.15, -0.1) is 0 Å². The number of nitrogens with zero attached hydrogens (tertiary/aromatic N) is 1. The minimum atomic E-state index is -0.124. The molecule has 1 aliphatic rings. The molecular weight excluding hydrogens is 189 g/mol. The molecule has 0 bridgehead atoms. The fourth-order valence-electron chi connectivity index (χ4n) is 1.67. The van der Waals surface area contributed by atoms with Crippen molar-refractivity contribution >= 4 is 0 Å². The van der Waals surface area contributed by atoms with Crippen LogP contribution in [0.1, 0.15) is 5.56 Å². The maximum atomic E-state index is 13.4. The van der Waals surface area contributed by atoms with Gasteiger partial charge >= 0.3 is 0 Å². The lowest BCUT2D eigenvalue weighted by atomic mass is 10.1. The molecule has 1 aliphatic heterocycles. The van der Waals surface area contributed by atoms with Gasteiger partial charge in [-0.1, -0.05) is 30.4 Å². The fraction of sp³-hybridized carbons (Fsp3) is 0.231. The molecule has 2 rings (SSSR count). The SMILES string of the molecule is CN1CC=CC=C1Cc1ccccc1F. The molecule has 1 nitrogen and oxygen atoms in total. The van der Waals surface area contributed by atoms with Crippen LogP contribution in [0.2, 0.25) is 0 Å². The lowest BCUT2D eigenvalue weighted by Crippen LogP contribution is -2.21. The average molecular weight is 203 g/mol. The maximum Gasteiger partial charge on any atom is 0.126 e. The van der Waals surface area contributed by atoms with E-state index >= 15 is 0 Å². The molecular formula is C13H14FN. The summed E-state index contributed by atoms with van der Waals surface area (Å²) in [7, 11) is 2.02. The fourth-order valence-corrected chi connectivity index (χ4v) is 1.67. The van der Waals surface area contributed by atoms with Crippen LogP contribution < -0.4 is 0 Å². The number of benzene rings is 1. The van der Waals surface area contributed by atoms with Crippen molar-refractivity contribution in [3.63, 3.8) is 0 Å². The van der Waals surface area contributed by atoms with Crippen LogP contribution in [0, 0.1) is 5.82 Å². The molecule has 2 heteroatoms. The van der Waals surface area contributed by atoms with Gasteiger partial charge in [0.1, 0.15) is 5.82 Å². The van der Waals surface area contributed by atoms with E-state index in [1.807, 2.05) is 31.3 Å². The third-order valence-electron chi connectivity index (χ3n) is 2.62. The van der Waals surface area contributed by atoms with Crippen molar-refractivity contribution in [1.82, 2.24) is 4.90 Å². The number of hydrogen-bond acceptors (Lipinski definition) is 1. The lowest BCUT2D eigenvalue weighted by Gasteiger charge is -2.23. The van der Waals surface area contributed by atoms with Crippen molar-refractivity contribution in [2.45, 2.75) is 6.42 Å². The quantitative estimate of drug-likeness (QED) is 0.714. The van der Waals surface area contributed by atoms with Crippen molar-refractivity contribution in [1.29, 1.82) is 0 Å². The highest BCUT2D eigenvalue weighted by Crippen LogP contribution is 2.16. The van der Waals surface area contributed by atoms with E-state index in [-0.39, 0.29) is 5.82 Å². The molecule has 1 heterocycles. The van der Waals surface area contributed by atoms with E-state index in [0.29, 0.717) is 6.42 Å². The average Bonchev–Trinajstić information content (AvgIpc) is 2.24. The second-order valence-corrected chi connectivity index (χ2v) is 3.73. The summed E-state index contributed by atoms with van der Waals surface area (Å²) in [5.41, 5.74) is 1.91. The largest absolute Gasteiger partial charge is 0.374 e. The van der Waals surface area contributed by atoms with Crippen molar-refractivity contribution in [2.75, 3.05) is 13.6 Å². The first-order valence-corrected chi connectivity index (χ1v) is 5.07. The van der Waals surface area contributed by atoms with Crippen LogP contribution in [0.15, 0.2) is 48.2 Å². The molecule has 0 atom stereocenters. The summed E-state index contributed by atoms with van der Waals surface area (Å²) in [6.45, 7) is 0.903. The van der Waals surface area contributed by atoms with Crippen LogP contribution >= 0.6 is 0 Å². The first kappa shape index (κ1) is 9.97. The summed E-state index contributed by atoms with van der Waals surface area (Å²) in [6.07, 6.45) is 6.81. The Kier molecular flexibility index (Phi) is 2.86. The minimum absolute atomic E-state index is 0.124. The van der Waals surface area contributed by atoms with E-state index < -0.39 is 0 Å². The molecule has 0 aromatic heterocycles. The highest BCUT2D eigenvalue weighted by Gasteiger charge is 2.09. The van der Waals surface area contributed by atoms with Gasteiger partial charge in [-0.2, -0.15) is 0 Å². The Morgan fingerprint density at radius 3 is 2.87 bits per heavy atom. The molecule has 0 fully saturated rings. The Hall–Kier alpha value is -1.57. The second-order valence-electron chi connectivity index (χ2n) is 3.73. The third kappa shape index (κ3) is 2.27. The molecule has 78 valence electrons. The zero-order valence-corrected chi connectivity index (χ0v) is 8.78. The number of allylic oxidation sites excluding steroid dienone is 3. The summed E-state index contributed by atoms with van der Waals surface area (Å²) in [5, 5.41) is 0. The molecule has 1 aromatic rings. The molecule has 0 unspecified atom stereocenters. The van der Waals surface area contributed by atoms with Gasteiger partial charge < -0.3 is 4.90 Å². The van der Waals surface area contributed by atoms with Crippen molar-refractivity contribution in [3.8, 4) is 0 Å². The van der Waals surface area contributed by atoms with E-state index in [0.717, 1.165) is 17.8 Å². The van der Waals surface area contributed by atoms with Crippen molar-refractivity contribution < 1.29 is 4.39 Å². The summed E-state index contributed by atoms with van der Waals surface area (Å²) >= 11 is 0. The molecule has 0 aliphatic carbocycles. The van der Waals surface area contributed by atoms with E-state index in [9.17, 15) is 4.39 Å². The Morgan fingerprint density at radius 2 is 2.13 bits per heavy atom. The monoisotopic (exact) mass is 203 g/mol. The van der Waals surface area contributed by atoms with Crippen LogP contribution in [-0.2, 0) is 6.42 Å². The molecule has 0 saturated heterocycles. The highest BCUT2D eigenvalue weighted by molar-refractivity contribution is 5.26. The number of rotatable bonds is 2. The summed E-state index contributed by atoms with van der Waals surface area (Å²) < 4.78 is 13.4. The van der Waals surface area contributed by atoms with Gasteiger partial charge in [0, 0.05) is 25.7 Å². The van der Waals surface area contributed by atoms with E-state index in [2.05, 4.69) is 11.0 Å². The van der Waals surface area contributed by atoms with Gasteiger partial charge in [0.2, 0.25) is 0 Å². The molecule has 0 saturated carbocycles. The zero-order chi connectivity index (χ0) is 10.7. The smallest absolute Gasteiger partial charge is 0.126 e. The predicted octanol–water partition coefficient (Wildman–Crippen LogP) is 2.75. The predicted molar refractivity (Wildman–Crippen MR) is 60.0 cm³/mol. The molecule has 0 N–H and O–H groups in total. The Labute approximate surface area is 89.5 Å². The summed E-state index contributed by atoms with van der Waals surface area (Å²) in [4.78, 5) is 2.13. The Balaban J connectivity index is 2.18. The number of likely N-dealkylation sites (N-methyl/N-ethyl adjacent to an activating group) is 1. The van der Waals surface area contributed by atoms with Gasteiger partial charge in [-0.25, -0.2) is 4.39 Å². The number of hydrogen-bond donors (Lipinski definition) is 0. The number of halogens is 1. The highest BCUT2D eigenvalue weighted by atomic mass is 19.1. The summed E-state index contributed by atoms with van der Waals surface area (Å²) in [5.74, 6) is -0.124. The lowest BCUT2D eigenvalue weighted by molar-refractivity contribution is 0.445. The minimum Gasteiger partial charge on any atom is -0.374 e. The van der Waals surface area contributed by atoms with Crippen LogP contribution in [-0.4, -0.2) is 18.5 Å². The van der Waals surface area contributed by atoms with Crippen LogP contribution in [0.5, 0.6) is 0 Å². The van der Waals surface area contributed by atoms with Crippen LogP contribution in [0.3, 0.4) is 0 Å². The van der Waals surface area contributed by atoms with Gasteiger partial charge in [-0.3, -0.25) is 0 Å². The van der Waals surface area contributed by atoms with Crippen LogP contribution in [0.25, 0.3) is 0 Å². The first-order chi connectivity index (χ1) is 7.27. The zero-order valence-electron chi connectivity index (χ0n) is 8.78. The van der Waals surface area contributed by atoms with Gasteiger partial charge in [-0.05, 0) is 17.7 Å². The Bertz CT molecular complexity index is 407. The second kappa shape index (κ2) is 4.30. The Morgan fingerprint density at radius 1 is 1.33 bits per heavy atom. The molecule has 15 heavy (non-hydrogen) atoms. The standard InChI is InChI=1S/C13H14FN/c1-15-9-5-4-7-12(15)10-11-6-2-3-8-13(11)14/h2-8H,9-10H2,1H3. The van der Waals surface area contributed by atoms with Gasteiger partial charge in [0.05, 0.1) is 0 Å². The van der Waals surface area contributed by atoms with E-state index in [4.69, 9.17) is 0 Å². The third-order valence-corrected chi connectivity index (χ3v) is 2.62. The first-order valence-electron chi connectivity index (χ1n) is 5.07.